The molecule has 0 bridgehead atoms. The SMILES string of the molecule is Brc1ccc(NCC2CCCCO2)nc1. The molecule has 1 N–H and O–H groups in total. The summed E-state index contributed by atoms with van der Waals surface area (Å²) in [6.07, 6.45) is 5.78. The summed E-state index contributed by atoms with van der Waals surface area (Å²) < 4.78 is 6.63. The van der Waals surface area contributed by atoms with Crippen LogP contribution in [0.25, 0.3) is 0 Å². The maximum Gasteiger partial charge on any atom is 0.126 e. The Bertz CT molecular complexity index is 296. The van der Waals surface area contributed by atoms with E-state index in [0.29, 0.717) is 6.10 Å². The van der Waals surface area contributed by atoms with Crippen LogP contribution in [0.4, 0.5) is 5.82 Å². The van der Waals surface area contributed by atoms with Gasteiger partial charge in [0.25, 0.3) is 0 Å². The highest BCUT2D eigenvalue weighted by atomic mass is 79.9. The number of hydrogen-bond donors (Lipinski definition) is 1. The lowest BCUT2D eigenvalue weighted by Crippen LogP contribution is -2.27. The fourth-order valence-corrected chi connectivity index (χ4v) is 1.90. The highest BCUT2D eigenvalue weighted by Gasteiger charge is 2.13. The molecule has 1 aliphatic rings. The van der Waals surface area contributed by atoms with Gasteiger partial charge in [0.05, 0.1) is 6.10 Å². The van der Waals surface area contributed by atoms with Gasteiger partial charge in [0, 0.05) is 23.8 Å². The van der Waals surface area contributed by atoms with Crippen molar-refractivity contribution in [2.75, 3.05) is 18.5 Å². The first-order chi connectivity index (χ1) is 7.34. The van der Waals surface area contributed by atoms with Crippen LogP contribution in [-0.2, 0) is 4.74 Å². The summed E-state index contributed by atoms with van der Waals surface area (Å²) in [5, 5.41) is 3.28. The average Bonchev–Trinajstić information content (AvgIpc) is 2.30. The Morgan fingerprint density at radius 3 is 3.07 bits per heavy atom. The van der Waals surface area contributed by atoms with E-state index in [4.69, 9.17) is 4.74 Å². The van der Waals surface area contributed by atoms with E-state index < -0.39 is 0 Å². The van der Waals surface area contributed by atoms with Crippen LogP contribution in [0.2, 0.25) is 0 Å². The molecule has 1 aromatic rings. The Morgan fingerprint density at radius 1 is 1.47 bits per heavy atom. The molecule has 1 aromatic heterocycles. The monoisotopic (exact) mass is 270 g/mol. The van der Waals surface area contributed by atoms with Crippen molar-refractivity contribution in [2.24, 2.45) is 0 Å². The zero-order valence-corrected chi connectivity index (χ0v) is 10.2. The van der Waals surface area contributed by atoms with Crippen molar-refractivity contribution in [1.82, 2.24) is 4.98 Å². The van der Waals surface area contributed by atoms with E-state index in [1.54, 1.807) is 6.20 Å². The van der Waals surface area contributed by atoms with E-state index in [1.165, 1.54) is 12.8 Å². The largest absolute Gasteiger partial charge is 0.376 e. The van der Waals surface area contributed by atoms with Crippen LogP contribution in [0.1, 0.15) is 19.3 Å². The summed E-state index contributed by atoms with van der Waals surface area (Å²) in [5.41, 5.74) is 0. The third kappa shape index (κ3) is 3.47. The Balaban J connectivity index is 1.79. The smallest absolute Gasteiger partial charge is 0.126 e. The first-order valence-electron chi connectivity index (χ1n) is 5.31. The van der Waals surface area contributed by atoms with E-state index >= 15 is 0 Å². The number of ether oxygens (including phenoxy) is 1. The first kappa shape index (κ1) is 10.9. The Labute approximate surface area is 98.4 Å². The summed E-state index contributed by atoms with van der Waals surface area (Å²) in [4.78, 5) is 4.25. The van der Waals surface area contributed by atoms with Gasteiger partial charge < -0.3 is 10.1 Å². The molecular formula is C11H15BrN2O. The highest BCUT2D eigenvalue weighted by Crippen LogP contribution is 2.14. The molecule has 3 nitrogen and oxygen atoms in total. The molecule has 0 amide bonds. The van der Waals surface area contributed by atoms with Crippen LogP contribution >= 0.6 is 15.9 Å². The second kappa shape index (κ2) is 5.47. The molecule has 0 spiro atoms. The highest BCUT2D eigenvalue weighted by molar-refractivity contribution is 9.10. The minimum atomic E-state index is 0.351. The van der Waals surface area contributed by atoms with Crippen LogP contribution in [0.5, 0.6) is 0 Å². The van der Waals surface area contributed by atoms with Crippen molar-refractivity contribution in [2.45, 2.75) is 25.4 Å². The van der Waals surface area contributed by atoms with E-state index in [0.717, 1.165) is 29.9 Å². The number of rotatable bonds is 3. The lowest BCUT2D eigenvalue weighted by molar-refractivity contribution is 0.0247. The lowest BCUT2D eigenvalue weighted by Gasteiger charge is -2.22. The molecule has 0 saturated carbocycles. The molecule has 1 fully saturated rings. The van der Waals surface area contributed by atoms with Crippen molar-refractivity contribution in [1.29, 1.82) is 0 Å². The number of aromatic nitrogens is 1. The molecule has 1 unspecified atom stereocenters. The number of halogens is 1. The van der Waals surface area contributed by atoms with Crippen molar-refractivity contribution < 1.29 is 4.74 Å². The van der Waals surface area contributed by atoms with Gasteiger partial charge in [-0.05, 0) is 47.3 Å². The van der Waals surface area contributed by atoms with Gasteiger partial charge >= 0.3 is 0 Å². The van der Waals surface area contributed by atoms with Crippen LogP contribution < -0.4 is 5.32 Å². The van der Waals surface area contributed by atoms with Crippen molar-refractivity contribution in [3.63, 3.8) is 0 Å². The maximum atomic E-state index is 5.62. The van der Waals surface area contributed by atoms with Crippen LogP contribution in [0.3, 0.4) is 0 Å². The van der Waals surface area contributed by atoms with E-state index in [2.05, 4.69) is 26.2 Å². The van der Waals surface area contributed by atoms with Gasteiger partial charge in [0.15, 0.2) is 0 Å². The third-order valence-corrected chi connectivity index (χ3v) is 2.98. The molecule has 1 aliphatic heterocycles. The lowest BCUT2D eigenvalue weighted by atomic mass is 10.1. The molecule has 4 heteroatoms. The minimum Gasteiger partial charge on any atom is -0.376 e. The molecular weight excluding hydrogens is 256 g/mol. The van der Waals surface area contributed by atoms with Crippen LogP contribution in [0, 0.1) is 0 Å². The predicted molar refractivity (Wildman–Crippen MR) is 64.0 cm³/mol. The molecule has 82 valence electrons. The number of hydrogen-bond acceptors (Lipinski definition) is 3. The maximum absolute atomic E-state index is 5.62. The Hall–Kier alpha value is -0.610. The van der Waals surface area contributed by atoms with Gasteiger partial charge in [0.1, 0.15) is 5.82 Å². The molecule has 1 saturated heterocycles. The predicted octanol–water partition coefficient (Wildman–Crippen LogP) is 2.83. The second-order valence-electron chi connectivity index (χ2n) is 3.73. The van der Waals surface area contributed by atoms with Gasteiger partial charge in [0.2, 0.25) is 0 Å². The zero-order chi connectivity index (χ0) is 10.5. The Kier molecular flexibility index (Phi) is 3.97. The van der Waals surface area contributed by atoms with Gasteiger partial charge in [-0.25, -0.2) is 4.98 Å². The summed E-state index contributed by atoms with van der Waals surface area (Å²) in [5.74, 6) is 0.910. The topological polar surface area (TPSA) is 34.1 Å². The second-order valence-corrected chi connectivity index (χ2v) is 4.65. The van der Waals surface area contributed by atoms with Crippen molar-refractivity contribution >= 4 is 21.7 Å². The summed E-state index contributed by atoms with van der Waals surface area (Å²) >= 11 is 3.36. The van der Waals surface area contributed by atoms with Crippen molar-refractivity contribution in [3.8, 4) is 0 Å². The number of nitrogens with zero attached hydrogens (tertiary/aromatic N) is 1. The summed E-state index contributed by atoms with van der Waals surface area (Å²) in [7, 11) is 0. The van der Waals surface area contributed by atoms with Crippen LogP contribution in [0.15, 0.2) is 22.8 Å². The number of nitrogens with one attached hydrogen (secondary N) is 1. The zero-order valence-electron chi connectivity index (χ0n) is 8.58. The molecule has 0 aliphatic carbocycles. The molecule has 0 aromatic carbocycles. The standard InChI is InChI=1S/C11H15BrN2O/c12-9-4-5-11(13-7-9)14-8-10-3-1-2-6-15-10/h4-5,7,10H,1-3,6,8H2,(H,13,14). The van der Waals surface area contributed by atoms with Crippen LogP contribution in [-0.4, -0.2) is 24.2 Å². The van der Waals surface area contributed by atoms with Gasteiger partial charge in [-0.3, -0.25) is 0 Å². The normalized spacial score (nSPS) is 21.3. The number of pyridine rings is 1. The van der Waals surface area contributed by atoms with E-state index in [9.17, 15) is 0 Å². The molecule has 2 rings (SSSR count). The van der Waals surface area contributed by atoms with E-state index in [-0.39, 0.29) is 0 Å². The van der Waals surface area contributed by atoms with E-state index in [1.807, 2.05) is 12.1 Å². The fourth-order valence-electron chi connectivity index (χ4n) is 1.67. The molecule has 1 atom stereocenters. The quantitative estimate of drug-likeness (QED) is 0.917. The average molecular weight is 271 g/mol. The summed E-state index contributed by atoms with van der Waals surface area (Å²) in [6.45, 7) is 1.76. The first-order valence-corrected chi connectivity index (χ1v) is 6.11. The van der Waals surface area contributed by atoms with Gasteiger partial charge in [-0.15, -0.1) is 0 Å². The Morgan fingerprint density at radius 2 is 2.40 bits per heavy atom. The summed E-state index contributed by atoms with van der Waals surface area (Å²) in [6, 6.07) is 3.95. The van der Waals surface area contributed by atoms with Gasteiger partial charge in [-0.1, -0.05) is 0 Å². The fraction of sp³-hybridized carbons (Fsp3) is 0.545. The number of anilines is 1. The third-order valence-electron chi connectivity index (χ3n) is 2.51. The molecule has 15 heavy (non-hydrogen) atoms. The molecule has 2 heterocycles. The van der Waals surface area contributed by atoms with Crippen molar-refractivity contribution in [3.05, 3.63) is 22.8 Å². The van der Waals surface area contributed by atoms with Gasteiger partial charge in [-0.2, -0.15) is 0 Å². The minimum absolute atomic E-state index is 0.351. The molecule has 0 radical (unpaired) electrons.